The topological polar surface area (TPSA) is 83.6 Å². The van der Waals surface area contributed by atoms with Gasteiger partial charge in [-0.2, -0.15) is 0 Å². The van der Waals surface area contributed by atoms with Crippen molar-refractivity contribution in [2.75, 3.05) is 5.32 Å². The van der Waals surface area contributed by atoms with Crippen LogP contribution in [0, 0.1) is 0 Å². The molecule has 118 valence electrons. The summed E-state index contributed by atoms with van der Waals surface area (Å²) in [4.78, 5) is 27.6. The van der Waals surface area contributed by atoms with Crippen molar-refractivity contribution in [1.29, 1.82) is 0 Å². The van der Waals surface area contributed by atoms with Gasteiger partial charge in [0.05, 0.1) is 10.9 Å². The van der Waals surface area contributed by atoms with Crippen molar-refractivity contribution >= 4 is 43.4 Å². The Morgan fingerprint density at radius 3 is 2.79 bits per heavy atom. The van der Waals surface area contributed by atoms with E-state index < -0.39 is 0 Å². The Bertz CT molecular complexity index is 1090. The normalized spacial score (nSPS) is 11.0. The molecule has 0 radical (unpaired) electrons. The molecule has 2 N–H and O–H groups in total. The van der Waals surface area contributed by atoms with Gasteiger partial charge < -0.3 is 10.3 Å². The van der Waals surface area contributed by atoms with Crippen LogP contribution in [0.3, 0.4) is 0 Å². The van der Waals surface area contributed by atoms with Crippen LogP contribution in [0.2, 0.25) is 0 Å². The smallest absolute Gasteiger partial charge is 0.258 e. The molecule has 0 bridgehead atoms. The molecule has 0 spiro atoms. The third kappa shape index (κ3) is 2.63. The van der Waals surface area contributed by atoms with Crippen LogP contribution in [0.5, 0.6) is 0 Å². The molecular formula is C17H12BrN5O. The lowest BCUT2D eigenvalue weighted by atomic mass is 10.1. The molecular weight excluding hydrogens is 370 g/mol. The minimum absolute atomic E-state index is 0.147. The molecule has 0 aliphatic carbocycles. The molecule has 3 aromatic heterocycles. The molecule has 4 aromatic rings. The monoisotopic (exact) mass is 381 g/mol. The highest BCUT2D eigenvalue weighted by atomic mass is 79.9. The minimum Gasteiger partial charge on any atom is -0.365 e. The number of aromatic nitrogens is 4. The summed E-state index contributed by atoms with van der Waals surface area (Å²) in [6, 6.07) is 7.62. The number of pyridine rings is 2. The van der Waals surface area contributed by atoms with Gasteiger partial charge >= 0.3 is 0 Å². The molecule has 4 rings (SSSR count). The zero-order valence-corrected chi connectivity index (χ0v) is 14.0. The van der Waals surface area contributed by atoms with E-state index in [1.54, 1.807) is 24.7 Å². The van der Waals surface area contributed by atoms with E-state index >= 15 is 0 Å². The highest BCUT2D eigenvalue weighted by Gasteiger charge is 2.11. The largest absolute Gasteiger partial charge is 0.365 e. The van der Waals surface area contributed by atoms with Crippen molar-refractivity contribution in [1.82, 2.24) is 19.9 Å². The van der Waals surface area contributed by atoms with Crippen LogP contribution < -0.4 is 10.9 Å². The molecule has 0 saturated heterocycles. The van der Waals surface area contributed by atoms with Crippen molar-refractivity contribution < 1.29 is 0 Å². The van der Waals surface area contributed by atoms with Crippen LogP contribution in [0.1, 0.15) is 5.56 Å². The summed E-state index contributed by atoms with van der Waals surface area (Å²) in [5.74, 6) is 0.722. The fraction of sp³-hybridized carbons (Fsp3) is 0.0588. The molecule has 0 unspecified atom stereocenters. The molecule has 24 heavy (non-hydrogen) atoms. The molecule has 0 amide bonds. The number of benzene rings is 1. The Morgan fingerprint density at radius 2 is 1.96 bits per heavy atom. The number of nitrogens with one attached hydrogen (secondary N) is 2. The zero-order chi connectivity index (χ0) is 16.5. The molecule has 0 aliphatic rings. The third-order valence-corrected chi connectivity index (χ3v) is 4.24. The first-order valence-electron chi connectivity index (χ1n) is 7.31. The number of hydrogen-bond donors (Lipinski definition) is 2. The number of hydrogen-bond acceptors (Lipinski definition) is 5. The molecule has 0 atom stereocenters. The Hall–Kier alpha value is -2.80. The van der Waals surface area contributed by atoms with E-state index in [1.165, 1.54) is 6.33 Å². The molecule has 0 saturated carbocycles. The van der Waals surface area contributed by atoms with E-state index in [0.29, 0.717) is 17.4 Å². The van der Waals surface area contributed by atoms with E-state index in [0.717, 1.165) is 26.6 Å². The first-order valence-corrected chi connectivity index (χ1v) is 8.10. The summed E-state index contributed by atoms with van der Waals surface area (Å²) >= 11 is 3.47. The summed E-state index contributed by atoms with van der Waals surface area (Å²) in [6.45, 7) is 0.549. The lowest BCUT2D eigenvalue weighted by Crippen LogP contribution is -2.08. The maximum Gasteiger partial charge on any atom is 0.258 e. The summed E-state index contributed by atoms with van der Waals surface area (Å²) in [5.41, 5.74) is 1.46. The summed E-state index contributed by atoms with van der Waals surface area (Å²) in [6.07, 6.45) is 6.61. The van der Waals surface area contributed by atoms with Crippen molar-refractivity contribution in [3.8, 4) is 0 Å². The first kappa shape index (κ1) is 14.8. The maximum atomic E-state index is 12.2. The van der Waals surface area contributed by atoms with Gasteiger partial charge in [0.2, 0.25) is 0 Å². The lowest BCUT2D eigenvalue weighted by molar-refractivity contribution is 1.04. The number of rotatable bonds is 3. The number of aromatic amines is 1. The van der Waals surface area contributed by atoms with E-state index in [9.17, 15) is 4.79 Å². The Morgan fingerprint density at radius 1 is 1.12 bits per heavy atom. The summed E-state index contributed by atoms with van der Waals surface area (Å²) in [7, 11) is 0. The second-order valence-electron chi connectivity index (χ2n) is 5.32. The maximum absolute atomic E-state index is 12.2. The van der Waals surface area contributed by atoms with Gasteiger partial charge in [-0.05, 0) is 24.3 Å². The van der Waals surface area contributed by atoms with Gasteiger partial charge in [0.25, 0.3) is 5.56 Å². The Balaban J connectivity index is 1.89. The van der Waals surface area contributed by atoms with Crippen LogP contribution in [0.4, 0.5) is 5.82 Å². The fourth-order valence-corrected chi connectivity index (χ4v) is 3.03. The molecule has 0 aliphatic heterocycles. The summed E-state index contributed by atoms with van der Waals surface area (Å²) in [5, 5.41) is 5.64. The van der Waals surface area contributed by atoms with Gasteiger partial charge in [-0.15, -0.1) is 0 Å². The molecule has 7 heteroatoms. The Kier molecular flexibility index (Phi) is 3.70. The van der Waals surface area contributed by atoms with Gasteiger partial charge in [-0.25, -0.2) is 15.0 Å². The third-order valence-electron chi connectivity index (χ3n) is 3.75. The van der Waals surface area contributed by atoms with Gasteiger partial charge in [0.1, 0.15) is 12.1 Å². The minimum atomic E-state index is -0.147. The highest BCUT2D eigenvalue weighted by Crippen LogP contribution is 2.29. The number of H-pyrrole nitrogens is 1. The van der Waals surface area contributed by atoms with E-state index in [4.69, 9.17) is 0 Å². The first-order chi connectivity index (χ1) is 11.7. The number of nitrogens with zero attached hydrogens (tertiary/aromatic N) is 3. The molecule has 1 aromatic carbocycles. The molecule has 0 fully saturated rings. The number of anilines is 1. The van der Waals surface area contributed by atoms with Gasteiger partial charge in [-0.1, -0.05) is 15.9 Å². The predicted molar refractivity (Wildman–Crippen MR) is 96.9 cm³/mol. The quantitative estimate of drug-likeness (QED) is 0.532. The summed E-state index contributed by atoms with van der Waals surface area (Å²) < 4.78 is 0.910. The van der Waals surface area contributed by atoms with Gasteiger partial charge in [0, 0.05) is 45.9 Å². The second kappa shape index (κ2) is 6.01. The van der Waals surface area contributed by atoms with Crippen molar-refractivity contribution in [3.05, 3.63) is 69.6 Å². The van der Waals surface area contributed by atoms with Crippen molar-refractivity contribution in [2.45, 2.75) is 6.54 Å². The standard InChI is InChI=1S/C17H12BrN5O/c18-11-1-2-12-13(5-11)15-14(3-4-21-17(15)24)23-16(12)22-8-10-6-19-9-20-7-10/h1-7,9H,8H2,(H,21,24)(H,22,23). The zero-order valence-electron chi connectivity index (χ0n) is 12.5. The molecule has 6 nitrogen and oxygen atoms in total. The predicted octanol–water partition coefficient (Wildman–Crippen LogP) is 3.24. The van der Waals surface area contributed by atoms with E-state index in [1.807, 2.05) is 18.2 Å². The fourth-order valence-electron chi connectivity index (χ4n) is 2.67. The van der Waals surface area contributed by atoms with Crippen LogP contribution >= 0.6 is 15.9 Å². The van der Waals surface area contributed by atoms with Crippen molar-refractivity contribution in [3.63, 3.8) is 0 Å². The Labute approximate surface area is 145 Å². The average Bonchev–Trinajstić information content (AvgIpc) is 2.60. The van der Waals surface area contributed by atoms with Crippen LogP contribution in [0.25, 0.3) is 21.7 Å². The van der Waals surface area contributed by atoms with E-state index in [-0.39, 0.29) is 5.56 Å². The SMILES string of the molecule is O=c1[nH]ccc2nc(NCc3cncnc3)c3ccc(Br)cc3c12. The number of fused-ring (bicyclic) bond motifs is 3. The van der Waals surface area contributed by atoms with Crippen molar-refractivity contribution in [2.24, 2.45) is 0 Å². The van der Waals surface area contributed by atoms with Crippen LogP contribution in [-0.4, -0.2) is 19.9 Å². The highest BCUT2D eigenvalue weighted by molar-refractivity contribution is 9.10. The van der Waals surface area contributed by atoms with Gasteiger partial charge in [-0.3, -0.25) is 4.79 Å². The van der Waals surface area contributed by atoms with E-state index in [2.05, 4.69) is 41.2 Å². The average molecular weight is 382 g/mol. The lowest BCUT2D eigenvalue weighted by Gasteiger charge is -2.11. The van der Waals surface area contributed by atoms with Crippen LogP contribution in [-0.2, 0) is 6.54 Å². The second-order valence-corrected chi connectivity index (χ2v) is 6.23. The van der Waals surface area contributed by atoms with Crippen LogP contribution in [0.15, 0.2) is 58.5 Å². The van der Waals surface area contributed by atoms with Gasteiger partial charge in [0.15, 0.2) is 0 Å². The number of halogens is 1. The molecule has 3 heterocycles.